The normalized spacial score (nSPS) is 47.9. The summed E-state index contributed by atoms with van der Waals surface area (Å²) in [4.78, 5) is 12.1. The van der Waals surface area contributed by atoms with Gasteiger partial charge in [-0.1, -0.05) is 26.0 Å². The third-order valence-electron chi connectivity index (χ3n) is 5.95. The molecule has 1 aliphatic heterocycles. The molecule has 0 aromatic heterocycles. The standard InChI is InChI=1S/C15H22O3/c1-8(6-16)10-4-5-15(3)9(2)12-13(10)11(15)7-18-14(12)17/h8,10-13,16H,2,4-7H2,1,3H3. The van der Waals surface area contributed by atoms with E-state index in [2.05, 4.69) is 20.4 Å². The first-order valence-corrected chi connectivity index (χ1v) is 6.97. The van der Waals surface area contributed by atoms with E-state index in [0.29, 0.717) is 24.4 Å². The first kappa shape index (κ1) is 12.2. The summed E-state index contributed by atoms with van der Waals surface area (Å²) in [6.07, 6.45) is 2.18. The molecule has 4 bridgehead atoms. The van der Waals surface area contributed by atoms with Crippen molar-refractivity contribution in [1.82, 2.24) is 0 Å². The molecule has 6 atom stereocenters. The number of aliphatic hydroxyl groups is 1. The molecule has 0 spiro atoms. The van der Waals surface area contributed by atoms with Crippen molar-refractivity contribution in [2.75, 3.05) is 13.2 Å². The minimum absolute atomic E-state index is 0.0766. The summed E-state index contributed by atoms with van der Waals surface area (Å²) in [5, 5.41) is 9.43. The van der Waals surface area contributed by atoms with Gasteiger partial charge in [0.1, 0.15) is 0 Å². The van der Waals surface area contributed by atoms with Crippen molar-refractivity contribution in [2.45, 2.75) is 26.7 Å². The summed E-state index contributed by atoms with van der Waals surface area (Å²) in [5.74, 6) is 1.27. The first-order chi connectivity index (χ1) is 8.50. The number of esters is 1. The van der Waals surface area contributed by atoms with Gasteiger partial charge in [0.15, 0.2) is 0 Å². The first-order valence-electron chi connectivity index (χ1n) is 6.97. The van der Waals surface area contributed by atoms with E-state index < -0.39 is 0 Å². The van der Waals surface area contributed by atoms with Crippen molar-refractivity contribution < 1.29 is 14.6 Å². The number of hydrogen-bond acceptors (Lipinski definition) is 3. The van der Waals surface area contributed by atoms with Gasteiger partial charge in [-0.2, -0.15) is 0 Å². The lowest BCUT2D eigenvalue weighted by Crippen LogP contribution is -2.45. The van der Waals surface area contributed by atoms with Crippen LogP contribution >= 0.6 is 0 Å². The topological polar surface area (TPSA) is 46.5 Å². The van der Waals surface area contributed by atoms with Gasteiger partial charge in [0.2, 0.25) is 0 Å². The molecular weight excluding hydrogens is 228 g/mol. The number of rotatable bonds is 2. The van der Waals surface area contributed by atoms with Crippen LogP contribution in [0, 0.1) is 35.0 Å². The van der Waals surface area contributed by atoms with Crippen LogP contribution in [0.2, 0.25) is 0 Å². The number of hydrogen-bond donors (Lipinski definition) is 1. The highest BCUT2D eigenvalue weighted by Gasteiger charge is 2.63. The zero-order valence-corrected chi connectivity index (χ0v) is 11.2. The maximum atomic E-state index is 12.1. The largest absolute Gasteiger partial charge is 0.465 e. The van der Waals surface area contributed by atoms with E-state index in [1.165, 1.54) is 0 Å². The fourth-order valence-electron chi connectivity index (χ4n) is 4.69. The second kappa shape index (κ2) is 3.83. The smallest absolute Gasteiger partial charge is 0.313 e. The summed E-state index contributed by atoms with van der Waals surface area (Å²) in [6.45, 7) is 9.31. The maximum absolute atomic E-state index is 12.1. The van der Waals surface area contributed by atoms with Crippen molar-refractivity contribution in [2.24, 2.45) is 35.0 Å². The maximum Gasteiger partial charge on any atom is 0.313 e. The van der Waals surface area contributed by atoms with E-state index in [1.807, 2.05) is 0 Å². The van der Waals surface area contributed by atoms with Crippen LogP contribution in [0.15, 0.2) is 12.2 Å². The quantitative estimate of drug-likeness (QED) is 0.602. The Balaban J connectivity index is 2.02. The van der Waals surface area contributed by atoms with Crippen LogP contribution in [0.5, 0.6) is 0 Å². The van der Waals surface area contributed by atoms with Gasteiger partial charge in [-0.25, -0.2) is 0 Å². The lowest BCUT2D eigenvalue weighted by Gasteiger charge is -2.45. The Kier molecular flexibility index (Phi) is 2.60. The number of aliphatic hydroxyl groups excluding tert-OH is 1. The monoisotopic (exact) mass is 250 g/mol. The van der Waals surface area contributed by atoms with Crippen LogP contribution in [-0.2, 0) is 9.53 Å². The molecule has 3 heteroatoms. The minimum Gasteiger partial charge on any atom is -0.465 e. The molecule has 2 aliphatic carbocycles. The Morgan fingerprint density at radius 2 is 2.33 bits per heavy atom. The highest BCUT2D eigenvalue weighted by Crippen LogP contribution is 2.65. The number of cyclic esters (lactones) is 1. The Labute approximate surface area is 108 Å². The molecule has 3 aliphatic rings. The van der Waals surface area contributed by atoms with E-state index in [0.717, 1.165) is 18.4 Å². The molecule has 3 rings (SSSR count). The van der Waals surface area contributed by atoms with E-state index in [4.69, 9.17) is 4.74 Å². The fraction of sp³-hybridized carbons (Fsp3) is 0.800. The van der Waals surface area contributed by atoms with Crippen molar-refractivity contribution in [3.8, 4) is 0 Å². The van der Waals surface area contributed by atoms with E-state index in [9.17, 15) is 9.90 Å². The lowest BCUT2D eigenvalue weighted by atomic mass is 9.61. The summed E-state index contributed by atoms with van der Waals surface area (Å²) >= 11 is 0. The zero-order valence-electron chi connectivity index (χ0n) is 11.2. The third kappa shape index (κ3) is 1.31. The molecule has 18 heavy (non-hydrogen) atoms. The van der Waals surface area contributed by atoms with Gasteiger partial charge in [-0.15, -0.1) is 0 Å². The number of carbonyl (C=O) groups is 1. The average Bonchev–Trinajstić information content (AvgIpc) is 2.45. The molecule has 0 aromatic rings. The van der Waals surface area contributed by atoms with Crippen LogP contribution < -0.4 is 0 Å². The molecule has 3 nitrogen and oxygen atoms in total. The fourth-order valence-corrected chi connectivity index (χ4v) is 4.69. The molecule has 100 valence electrons. The summed E-state index contributed by atoms with van der Waals surface area (Å²) < 4.78 is 5.34. The van der Waals surface area contributed by atoms with Crippen molar-refractivity contribution >= 4 is 5.97 Å². The second-order valence-corrected chi connectivity index (χ2v) is 6.60. The molecule has 6 unspecified atom stereocenters. The highest BCUT2D eigenvalue weighted by molar-refractivity contribution is 5.79. The van der Waals surface area contributed by atoms with Crippen LogP contribution in [0.4, 0.5) is 0 Å². The molecule has 0 aromatic carbocycles. The van der Waals surface area contributed by atoms with Crippen molar-refractivity contribution in [1.29, 1.82) is 0 Å². The van der Waals surface area contributed by atoms with Gasteiger partial charge in [0.05, 0.1) is 12.5 Å². The van der Waals surface area contributed by atoms with Gasteiger partial charge < -0.3 is 9.84 Å². The highest BCUT2D eigenvalue weighted by atomic mass is 16.5. The molecule has 2 saturated carbocycles. The van der Waals surface area contributed by atoms with Crippen LogP contribution in [-0.4, -0.2) is 24.3 Å². The minimum atomic E-state index is -0.116. The molecule has 1 saturated heterocycles. The molecule has 3 fully saturated rings. The van der Waals surface area contributed by atoms with Crippen molar-refractivity contribution in [3.05, 3.63) is 12.2 Å². The third-order valence-corrected chi connectivity index (χ3v) is 5.95. The summed E-state index contributed by atoms with van der Waals surface area (Å²) in [6, 6.07) is 0. The SMILES string of the molecule is C=C1C2C(=O)OCC3C2C(C(C)CO)CCC13C. The van der Waals surface area contributed by atoms with Crippen LogP contribution in [0.25, 0.3) is 0 Å². The van der Waals surface area contributed by atoms with Gasteiger partial charge in [0, 0.05) is 12.5 Å². The van der Waals surface area contributed by atoms with Gasteiger partial charge in [-0.3, -0.25) is 4.79 Å². The number of ether oxygens (including phenoxy) is 1. The van der Waals surface area contributed by atoms with Gasteiger partial charge in [0.25, 0.3) is 0 Å². The Hall–Kier alpha value is -0.830. The van der Waals surface area contributed by atoms with Gasteiger partial charge in [-0.05, 0) is 36.0 Å². The predicted molar refractivity (Wildman–Crippen MR) is 67.6 cm³/mol. The summed E-state index contributed by atoms with van der Waals surface area (Å²) in [5.41, 5.74) is 1.17. The zero-order chi connectivity index (χ0) is 13.1. The molecule has 0 amide bonds. The Morgan fingerprint density at radius 3 is 3.00 bits per heavy atom. The molecule has 1 heterocycles. The molecule has 0 radical (unpaired) electrons. The lowest BCUT2D eigenvalue weighted by molar-refractivity contribution is -0.162. The van der Waals surface area contributed by atoms with E-state index in [-0.39, 0.29) is 29.8 Å². The Morgan fingerprint density at radius 1 is 1.61 bits per heavy atom. The second-order valence-electron chi connectivity index (χ2n) is 6.60. The Bertz CT molecular complexity index is 403. The summed E-state index contributed by atoms with van der Waals surface area (Å²) in [7, 11) is 0. The number of carbonyl (C=O) groups excluding carboxylic acids is 1. The van der Waals surface area contributed by atoms with Crippen LogP contribution in [0.3, 0.4) is 0 Å². The van der Waals surface area contributed by atoms with Gasteiger partial charge >= 0.3 is 5.97 Å². The van der Waals surface area contributed by atoms with Crippen LogP contribution in [0.1, 0.15) is 26.7 Å². The average molecular weight is 250 g/mol. The molecule has 1 N–H and O–H groups in total. The predicted octanol–water partition coefficient (Wildman–Crippen LogP) is 2.01. The van der Waals surface area contributed by atoms with Crippen molar-refractivity contribution in [3.63, 3.8) is 0 Å². The van der Waals surface area contributed by atoms with E-state index in [1.54, 1.807) is 0 Å². The van der Waals surface area contributed by atoms with E-state index >= 15 is 0 Å². The molecular formula is C15H22O3.